The monoisotopic (exact) mass is 404 g/mol. The first-order valence-corrected chi connectivity index (χ1v) is 9.40. The Balaban J connectivity index is 1.87. The summed E-state index contributed by atoms with van der Waals surface area (Å²) >= 11 is 5.98. The maximum Gasteiger partial charge on any atom is 0.226 e. The van der Waals surface area contributed by atoms with Gasteiger partial charge >= 0.3 is 0 Å². The molecular formula is C19H25ClN6O2. The number of hydrogen-bond acceptors (Lipinski definition) is 7. The molecule has 0 amide bonds. The standard InChI is InChI=1S/C19H25ClN6O2/c1-11(8-19(2,3)28)23-18-24-16(14-17(25-18)26(4)10-22-14)21-9-12-6-5-7-13(20)15(12)27/h5-7,10-11,27-28H,8-9H2,1-4H3,(H2,21,23,24,25). The first-order chi connectivity index (χ1) is 13.1. The van der Waals surface area contributed by atoms with E-state index in [4.69, 9.17) is 11.6 Å². The summed E-state index contributed by atoms with van der Waals surface area (Å²) in [5, 5.41) is 26.9. The Kier molecular flexibility index (Phi) is 5.62. The molecule has 2 aromatic heterocycles. The molecule has 0 fully saturated rings. The summed E-state index contributed by atoms with van der Waals surface area (Å²) in [5.41, 5.74) is 1.16. The number of nitrogens with zero attached hydrogens (tertiary/aromatic N) is 4. The van der Waals surface area contributed by atoms with Crippen LogP contribution in [0.2, 0.25) is 5.02 Å². The Morgan fingerprint density at radius 3 is 2.75 bits per heavy atom. The third kappa shape index (κ3) is 4.63. The minimum absolute atomic E-state index is 0.0319. The van der Waals surface area contributed by atoms with Crippen molar-refractivity contribution in [1.82, 2.24) is 19.5 Å². The number of aromatic hydroxyl groups is 1. The largest absolute Gasteiger partial charge is 0.506 e. The van der Waals surface area contributed by atoms with Gasteiger partial charge in [-0.3, -0.25) is 0 Å². The Hall–Kier alpha value is -2.58. The molecule has 1 atom stereocenters. The average Bonchev–Trinajstić information content (AvgIpc) is 2.95. The third-order valence-electron chi connectivity index (χ3n) is 4.26. The van der Waals surface area contributed by atoms with Gasteiger partial charge in [0.05, 0.1) is 17.0 Å². The van der Waals surface area contributed by atoms with E-state index in [0.29, 0.717) is 46.5 Å². The second-order valence-corrected chi connectivity index (χ2v) is 7.99. The summed E-state index contributed by atoms with van der Waals surface area (Å²) in [6.07, 6.45) is 2.21. The highest BCUT2D eigenvalue weighted by atomic mass is 35.5. The molecule has 4 N–H and O–H groups in total. The molecule has 3 rings (SSSR count). The zero-order valence-corrected chi connectivity index (χ0v) is 17.1. The van der Waals surface area contributed by atoms with E-state index in [1.54, 1.807) is 38.4 Å². The summed E-state index contributed by atoms with van der Waals surface area (Å²) < 4.78 is 1.81. The highest BCUT2D eigenvalue weighted by molar-refractivity contribution is 6.32. The topological polar surface area (TPSA) is 108 Å². The molecule has 8 nitrogen and oxygen atoms in total. The van der Waals surface area contributed by atoms with Crippen molar-refractivity contribution in [3.63, 3.8) is 0 Å². The lowest BCUT2D eigenvalue weighted by molar-refractivity contribution is 0.0672. The van der Waals surface area contributed by atoms with E-state index in [2.05, 4.69) is 25.6 Å². The van der Waals surface area contributed by atoms with Crippen molar-refractivity contribution in [3.05, 3.63) is 35.1 Å². The van der Waals surface area contributed by atoms with Crippen LogP contribution in [0.3, 0.4) is 0 Å². The van der Waals surface area contributed by atoms with E-state index in [9.17, 15) is 10.2 Å². The van der Waals surface area contributed by atoms with E-state index in [-0.39, 0.29) is 11.8 Å². The van der Waals surface area contributed by atoms with Crippen molar-refractivity contribution in [1.29, 1.82) is 0 Å². The fourth-order valence-corrected chi connectivity index (χ4v) is 3.29. The number of benzene rings is 1. The predicted octanol–water partition coefficient (Wildman–Crippen LogP) is 3.30. The number of aryl methyl sites for hydroxylation is 1. The number of aliphatic hydroxyl groups is 1. The Labute approximate surface area is 168 Å². The van der Waals surface area contributed by atoms with E-state index in [1.807, 2.05) is 18.5 Å². The molecule has 1 unspecified atom stereocenters. The van der Waals surface area contributed by atoms with Crippen LogP contribution in [0, 0.1) is 0 Å². The molecule has 0 aliphatic heterocycles. The first-order valence-electron chi connectivity index (χ1n) is 9.02. The summed E-state index contributed by atoms with van der Waals surface area (Å²) in [7, 11) is 1.86. The van der Waals surface area contributed by atoms with Gasteiger partial charge in [-0.2, -0.15) is 9.97 Å². The van der Waals surface area contributed by atoms with Crippen LogP contribution in [0.1, 0.15) is 32.8 Å². The van der Waals surface area contributed by atoms with E-state index in [0.717, 1.165) is 0 Å². The lowest BCUT2D eigenvalue weighted by Crippen LogP contribution is -2.29. The highest BCUT2D eigenvalue weighted by Crippen LogP contribution is 2.28. The molecule has 0 spiro atoms. The van der Waals surface area contributed by atoms with Crippen molar-refractivity contribution in [2.24, 2.45) is 7.05 Å². The minimum Gasteiger partial charge on any atom is -0.506 e. The number of nitrogens with one attached hydrogen (secondary N) is 2. The third-order valence-corrected chi connectivity index (χ3v) is 4.56. The molecule has 0 aliphatic rings. The van der Waals surface area contributed by atoms with Gasteiger partial charge in [0.15, 0.2) is 17.0 Å². The molecule has 28 heavy (non-hydrogen) atoms. The van der Waals surface area contributed by atoms with E-state index >= 15 is 0 Å². The number of aromatic nitrogens is 4. The van der Waals surface area contributed by atoms with Crippen LogP contribution in [0.4, 0.5) is 11.8 Å². The van der Waals surface area contributed by atoms with Gasteiger partial charge in [0.2, 0.25) is 5.95 Å². The van der Waals surface area contributed by atoms with Crippen molar-refractivity contribution >= 4 is 34.5 Å². The maximum atomic E-state index is 10.1. The van der Waals surface area contributed by atoms with Crippen molar-refractivity contribution < 1.29 is 10.2 Å². The Morgan fingerprint density at radius 2 is 2.04 bits per heavy atom. The zero-order chi connectivity index (χ0) is 20.5. The van der Waals surface area contributed by atoms with Gasteiger partial charge in [0.25, 0.3) is 0 Å². The lowest BCUT2D eigenvalue weighted by Gasteiger charge is -2.23. The molecule has 9 heteroatoms. The van der Waals surface area contributed by atoms with E-state index < -0.39 is 5.60 Å². The fourth-order valence-electron chi connectivity index (χ4n) is 3.10. The number of fused-ring (bicyclic) bond motifs is 1. The highest BCUT2D eigenvalue weighted by Gasteiger charge is 2.19. The van der Waals surface area contributed by atoms with Crippen molar-refractivity contribution in [3.8, 4) is 5.75 Å². The molecule has 3 aromatic rings. The summed E-state index contributed by atoms with van der Waals surface area (Å²) in [5.74, 6) is 1.02. The van der Waals surface area contributed by atoms with Gasteiger partial charge < -0.3 is 25.4 Å². The van der Waals surface area contributed by atoms with Gasteiger partial charge in [-0.15, -0.1) is 0 Å². The lowest BCUT2D eigenvalue weighted by atomic mass is 10.0. The van der Waals surface area contributed by atoms with Crippen molar-refractivity contribution in [2.75, 3.05) is 10.6 Å². The predicted molar refractivity (Wildman–Crippen MR) is 111 cm³/mol. The quantitative estimate of drug-likeness (QED) is 0.478. The summed E-state index contributed by atoms with van der Waals surface area (Å²) in [6.45, 7) is 5.82. The number of phenols is 1. The molecule has 150 valence electrons. The number of halogens is 1. The normalized spacial score (nSPS) is 12.9. The molecule has 0 aliphatic carbocycles. The van der Waals surface area contributed by atoms with Gasteiger partial charge in [0, 0.05) is 25.2 Å². The number of imidazole rings is 1. The van der Waals surface area contributed by atoms with Gasteiger partial charge in [-0.05, 0) is 33.3 Å². The van der Waals surface area contributed by atoms with Crippen LogP contribution < -0.4 is 10.6 Å². The molecule has 2 heterocycles. The van der Waals surface area contributed by atoms with Crippen molar-refractivity contribution in [2.45, 2.75) is 45.4 Å². The summed E-state index contributed by atoms with van der Waals surface area (Å²) in [4.78, 5) is 13.5. The number of phenolic OH excluding ortho intramolecular Hbond substituents is 1. The second-order valence-electron chi connectivity index (χ2n) is 7.59. The van der Waals surface area contributed by atoms with Gasteiger partial charge in [0.1, 0.15) is 5.75 Å². The van der Waals surface area contributed by atoms with Crippen LogP contribution in [0.5, 0.6) is 5.75 Å². The maximum absolute atomic E-state index is 10.1. The Bertz CT molecular complexity index is 982. The van der Waals surface area contributed by atoms with Gasteiger partial charge in [-0.1, -0.05) is 23.7 Å². The van der Waals surface area contributed by atoms with Crippen LogP contribution in [0.15, 0.2) is 24.5 Å². The zero-order valence-electron chi connectivity index (χ0n) is 16.4. The second kappa shape index (κ2) is 7.81. The molecule has 0 bridgehead atoms. The van der Waals surface area contributed by atoms with Crippen LogP contribution in [0.25, 0.3) is 11.2 Å². The van der Waals surface area contributed by atoms with Crippen LogP contribution in [-0.2, 0) is 13.6 Å². The smallest absolute Gasteiger partial charge is 0.226 e. The number of hydrogen-bond donors (Lipinski definition) is 4. The SMILES string of the molecule is CC(CC(C)(C)O)Nc1nc(NCc2cccc(Cl)c2O)c2ncn(C)c2n1. The fraction of sp³-hybridized carbons (Fsp3) is 0.421. The molecule has 0 saturated carbocycles. The molecule has 1 aromatic carbocycles. The van der Waals surface area contributed by atoms with E-state index in [1.165, 1.54) is 0 Å². The molecule has 0 saturated heterocycles. The number of anilines is 2. The first kappa shape index (κ1) is 20.2. The Morgan fingerprint density at radius 1 is 1.29 bits per heavy atom. The van der Waals surface area contributed by atoms with Crippen LogP contribution >= 0.6 is 11.6 Å². The molecular weight excluding hydrogens is 380 g/mol. The average molecular weight is 405 g/mol. The number of para-hydroxylation sites is 1. The minimum atomic E-state index is -0.797. The summed E-state index contributed by atoms with van der Waals surface area (Å²) in [6, 6.07) is 5.17. The van der Waals surface area contributed by atoms with Gasteiger partial charge in [-0.25, -0.2) is 4.98 Å². The van der Waals surface area contributed by atoms with Crippen LogP contribution in [-0.4, -0.2) is 41.4 Å². The molecule has 0 radical (unpaired) electrons. The number of rotatable bonds is 7.